The minimum atomic E-state index is -0.356. The smallest absolute Gasteiger partial charge is 0.216 e. The maximum Gasteiger partial charge on any atom is 0.216 e. The minimum Gasteiger partial charge on any atom is -0.383 e. The molecule has 2 aromatic heterocycles. The topological polar surface area (TPSA) is 84.1 Å². The molecule has 3 heterocycles. The van der Waals surface area contributed by atoms with Crippen LogP contribution in [0.4, 0.5) is 11.6 Å². The van der Waals surface area contributed by atoms with Crippen molar-refractivity contribution >= 4 is 35.1 Å². The second-order valence-corrected chi connectivity index (χ2v) is 7.51. The van der Waals surface area contributed by atoms with Crippen LogP contribution in [0.2, 0.25) is 5.02 Å². The van der Waals surface area contributed by atoms with E-state index in [1.54, 1.807) is 24.4 Å². The molecule has 3 N–H and O–H groups in total. The number of benzene rings is 1. The predicted molar refractivity (Wildman–Crippen MR) is 121 cm³/mol. The number of ketones is 1. The number of aromatic nitrogens is 2. The van der Waals surface area contributed by atoms with Gasteiger partial charge in [0.25, 0.3) is 0 Å². The molecule has 0 bridgehead atoms. The number of hydrogen-bond donors (Lipinski definition) is 2. The molecule has 0 amide bonds. The minimum absolute atomic E-state index is 0.139. The van der Waals surface area contributed by atoms with Crippen molar-refractivity contribution in [2.24, 2.45) is 0 Å². The highest BCUT2D eigenvalue weighted by molar-refractivity contribution is 6.34. The first-order chi connectivity index (χ1) is 14.6. The molecule has 1 aromatic carbocycles. The summed E-state index contributed by atoms with van der Waals surface area (Å²) in [5.74, 6) is 0.488. The fourth-order valence-electron chi connectivity index (χ4n) is 3.55. The van der Waals surface area contributed by atoms with Gasteiger partial charge in [-0.2, -0.15) is 0 Å². The van der Waals surface area contributed by atoms with Crippen LogP contribution in [0.15, 0.2) is 61.3 Å². The fraction of sp³-hybridized carbons (Fsp3) is 0.174. The molecule has 0 aliphatic carbocycles. The second kappa shape index (κ2) is 8.65. The molecule has 1 aliphatic rings. The van der Waals surface area contributed by atoms with Crippen molar-refractivity contribution in [3.05, 3.63) is 88.7 Å². The molecule has 3 aromatic rings. The molecule has 152 valence electrons. The zero-order valence-electron chi connectivity index (χ0n) is 16.4. The lowest BCUT2D eigenvalue weighted by atomic mass is 10.0. The van der Waals surface area contributed by atoms with Crippen LogP contribution in [0.3, 0.4) is 0 Å². The molecule has 30 heavy (non-hydrogen) atoms. The standard InChI is InChI=1S/C23H22ClN5O/c1-2-15-12-17(23(25)27-13-15)22(30)21-18(24)8-9-20(28-21)29-11-10-26-19(14-29)16-6-4-3-5-7-16/h2-9,12-13,19,26H,1,10-11,14H2,(H2,25,27). The molecule has 1 fully saturated rings. The van der Waals surface area contributed by atoms with Gasteiger partial charge in [0.1, 0.15) is 17.3 Å². The van der Waals surface area contributed by atoms with Gasteiger partial charge in [-0.1, -0.05) is 54.6 Å². The quantitative estimate of drug-likeness (QED) is 0.613. The Morgan fingerprint density at radius 1 is 1.27 bits per heavy atom. The van der Waals surface area contributed by atoms with Gasteiger partial charge in [-0.3, -0.25) is 4.79 Å². The van der Waals surface area contributed by atoms with E-state index in [0.717, 1.165) is 19.6 Å². The summed E-state index contributed by atoms with van der Waals surface area (Å²) in [6.45, 7) is 6.04. The monoisotopic (exact) mass is 419 g/mol. The van der Waals surface area contributed by atoms with Gasteiger partial charge in [0.15, 0.2) is 0 Å². The van der Waals surface area contributed by atoms with Crippen molar-refractivity contribution in [2.45, 2.75) is 6.04 Å². The largest absolute Gasteiger partial charge is 0.383 e. The molecule has 0 radical (unpaired) electrons. The molecular weight excluding hydrogens is 398 g/mol. The van der Waals surface area contributed by atoms with E-state index >= 15 is 0 Å². The number of hydrogen-bond acceptors (Lipinski definition) is 6. The van der Waals surface area contributed by atoms with Gasteiger partial charge < -0.3 is 16.0 Å². The van der Waals surface area contributed by atoms with Crippen LogP contribution in [0.5, 0.6) is 0 Å². The summed E-state index contributed by atoms with van der Waals surface area (Å²) in [4.78, 5) is 24.0. The van der Waals surface area contributed by atoms with Crippen molar-refractivity contribution < 1.29 is 4.79 Å². The molecule has 1 unspecified atom stereocenters. The van der Waals surface area contributed by atoms with Gasteiger partial charge in [-0.15, -0.1) is 0 Å². The van der Waals surface area contributed by atoms with Crippen LogP contribution in [0.1, 0.15) is 33.2 Å². The summed E-state index contributed by atoms with van der Waals surface area (Å²) in [6, 6.07) is 15.7. The first-order valence-corrected chi connectivity index (χ1v) is 10.1. The van der Waals surface area contributed by atoms with E-state index in [1.165, 1.54) is 5.56 Å². The fourth-order valence-corrected chi connectivity index (χ4v) is 3.74. The Kier molecular flexibility index (Phi) is 5.79. The average Bonchev–Trinajstić information content (AvgIpc) is 2.80. The Morgan fingerprint density at radius 3 is 2.83 bits per heavy atom. The molecule has 4 rings (SSSR count). The lowest BCUT2D eigenvalue weighted by Gasteiger charge is -2.35. The Bertz CT molecular complexity index is 1090. The number of nitrogens with one attached hydrogen (secondary N) is 1. The van der Waals surface area contributed by atoms with Crippen LogP contribution >= 0.6 is 11.6 Å². The number of pyridine rings is 2. The van der Waals surface area contributed by atoms with Gasteiger partial charge in [-0.25, -0.2) is 9.97 Å². The van der Waals surface area contributed by atoms with Gasteiger partial charge in [0.2, 0.25) is 5.78 Å². The third kappa shape index (κ3) is 4.06. The molecule has 1 saturated heterocycles. The van der Waals surface area contributed by atoms with Crippen molar-refractivity contribution in [1.82, 2.24) is 15.3 Å². The van der Waals surface area contributed by atoms with E-state index in [0.29, 0.717) is 11.4 Å². The van der Waals surface area contributed by atoms with Crippen molar-refractivity contribution in [3.8, 4) is 0 Å². The average molecular weight is 420 g/mol. The summed E-state index contributed by atoms with van der Waals surface area (Å²) in [5, 5.41) is 3.81. The van der Waals surface area contributed by atoms with E-state index in [2.05, 4.69) is 38.9 Å². The van der Waals surface area contributed by atoms with Crippen LogP contribution in [-0.4, -0.2) is 35.4 Å². The Labute approximate surface area is 180 Å². The summed E-state index contributed by atoms with van der Waals surface area (Å²) < 4.78 is 0. The van der Waals surface area contributed by atoms with Crippen LogP contribution in [-0.2, 0) is 0 Å². The van der Waals surface area contributed by atoms with Crippen LogP contribution < -0.4 is 16.0 Å². The Balaban J connectivity index is 1.63. The summed E-state index contributed by atoms with van der Waals surface area (Å²) in [5.41, 5.74) is 8.29. The van der Waals surface area contributed by atoms with Crippen LogP contribution in [0.25, 0.3) is 6.08 Å². The maximum atomic E-state index is 13.1. The molecule has 1 atom stereocenters. The Morgan fingerprint density at radius 2 is 2.07 bits per heavy atom. The molecule has 0 spiro atoms. The summed E-state index contributed by atoms with van der Waals surface area (Å²) >= 11 is 6.33. The number of anilines is 2. The highest BCUT2D eigenvalue weighted by atomic mass is 35.5. The number of carbonyl (C=O) groups excluding carboxylic acids is 1. The normalized spacial score (nSPS) is 16.3. The predicted octanol–water partition coefficient (Wildman–Crippen LogP) is 3.74. The van der Waals surface area contributed by atoms with Gasteiger partial charge >= 0.3 is 0 Å². The molecular formula is C23H22ClN5O. The number of halogens is 1. The summed E-state index contributed by atoms with van der Waals surface area (Å²) in [6.07, 6.45) is 3.17. The van der Waals surface area contributed by atoms with E-state index < -0.39 is 0 Å². The van der Waals surface area contributed by atoms with E-state index in [-0.39, 0.29) is 33.9 Å². The van der Waals surface area contributed by atoms with E-state index in [4.69, 9.17) is 17.3 Å². The second-order valence-electron chi connectivity index (χ2n) is 7.10. The number of piperazine rings is 1. The SMILES string of the molecule is C=Cc1cnc(N)c(C(=O)c2nc(N3CCNC(c4ccccc4)C3)ccc2Cl)c1. The van der Waals surface area contributed by atoms with Crippen molar-refractivity contribution in [3.63, 3.8) is 0 Å². The molecule has 7 heteroatoms. The van der Waals surface area contributed by atoms with Gasteiger partial charge in [0, 0.05) is 31.9 Å². The van der Waals surface area contributed by atoms with Gasteiger partial charge in [-0.05, 0) is 29.3 Å². The highest BCUT2D eigenvalue weighted by Gasteiger charge is 2.24. The van der Waals surface area contributed by atoms with Crippen LogP contribution in [0, 0.1) is 0 Å². The molecule has 0 saturated carbocycles. The summed E-state index contributed by atoms with van der Waals surface area (Å²) in [7, 11) is 0. The van der Waals surface area contributed by atoms with E-state index in [9.17, 15) is 4.79 Å². The van der Waals surface area contributed by atoms with Crippen molar-refractivity contribution in [1.29, 1.82) is 0 Å². The van der Waals surface area contributed by atoms with E-state index in [1.807, 2.05) is 24.3 Å². The lowest BCUT2D eigenvalue weighted by Crippen LogP contribution is -2.46. The first kappa shape index (κ1) is 20.1. The third-order valence-corrected chi connectivity index (χ3v) is 5.47. The number of nitrogens with zero attached hydrogens (tertiary/aromatic N) is 3. The molecule has 6 nitrogen and oxygen atoms in total. The molecule has 1 aliphatic heterocycles. The first-order valence-electron chi connectivity index (χ1n) is 9.69. The lowest BCUT2D eigenvalue weighted by molar-refractivity contribution is 0.103. The zero-order valence-corrected chi connectivity index (χ0v) is 17.1. The third-order valence-electron chi connectivity index (χ3n) is 5.17. The number of rotatable bonds is 5. The zero-order chi connectivity index (χ0) is 21.1. The maximum absolute atomic E-state index is 13.1. The number of nitrogen functional groups attached to an aromatic ring is 1. The Hall–Kier alpha value is -3.22. The number of nitrogens with two attached hydrogens (primary N) is 1. The van der Waals surface area contributed by atoms with Gasteiger partial charge in [0.05, 0.1) is 10.6 Å². The highest BCUT2D eigenvalue weighted by Crippen LogP contribution is 2.26. The number of carbonyl (C=O) groups is 1. The van der Waals surface area contributed by atoms with Crippen molar-refractivity contribution in [2.75, 3.05) is 30.3 Å².